The zero-order chi connectivity index (χ0) is 15.5. The first-order chi connectivity index (χ1) is 9.85. The van der Waals surface area contributed by atoms with E-state index in [2.05, 4.69) is 10.3 Å². The number of alkyl halides is 3. The van der Waals surface area contributed by atoms with Crippen LogP contribution in [0.25, 0.3) is 0 Å². The largest absolute Gasteiger partial charge is 0.401 e. The van der Waals surface area contributed by atoms with E-state index < -0.39 is 17.6 Å². The summed E-state index contributed by atoms with van der Waals surface area (Å²) in [5.41, 5.74) is -0.136. The monoisotopic (exact) mass is 304 g/mol. The van der Waals surface area contributed by atoms with Gasteiger partial charge in [0.25, 0.3) is 0 Å². The zero-order valence-electron chi connectivity index (χ0n) is 11.1. The molecule has 1 aliphatic rings. The second kappa shape index (κ2) is 6.25. The molecule has 2 heterocycles. The number of nitrogens with one attached hydrogen (secondary N) is 1. The molecule has 1 N–H and O–H groups in total. The molecule has 1 fully saturated rings. The van der Waals surface area contributed by atoms with Gasteiger partial charge in [0.05, 0.1) is 11.5 Å². The first kappa shape index (κ1) is 15.5. The van der Waals surface area contributed by atoms with Crippen molar-refractivity contribution in [3.05, 3.63) is 28.4 Å². The lowest BCUT2D eigenvalue weighted by atomic mass is 10.1. The minimum atomic E-state index is -4.19. The summed E-state index contributed by atoms with van der Waals surface area (Å²) in [5.74, 6) is 0.172. The zero-order valence-corrected chi connectivity index (χ0v) is 11.1. The van der Waals surface area contributed by atoms with Crippen LogP contribution >= 0.6 is 0 Å². The van der Waals surface area contributed by atoms with Gasteiger partial charge in [-0.25, -0.2) is 4.98 Å². The van der Waals surface area contributed by atoms with Crippen molar-refractivity contribution >= 4 is 11.5 Å². The molecule has 2 rings (SSSR count). The number of halogens is 3. The normalized spacial score (nSPS) is 19.7. The standard InChI is InChI=1S/C12H15F3N4O2/c13-12(14,15)8-18-5-3-9(7-18)6-17-11-10(19(20)21)2-1-4-16-11/h1-2,4,9H,3,5-8H2,(H,16,17). The summed E-state index contributed by atoms with van der Waals surface area (Å²) in [6, 6.07) is 2.80. The van der Waals surface area contributed by atoms with Gasteiger partial charge in [0.1, 0.15) is 0 Å². The van der Waals surface area contributed by atoms with E-state index in [1.54, 1.807) is 0 Å². The first-order valence-electron chi connectivity index (χ1n) is 6.47. The van der Waals surface area contributed by atoms with E-state index in [4.69, 9.17) is 0 Å². The summed E-state index contributed by atoms with van der Waals surface area (Å²) in [7, 11) is 0. The van der Waals surface area contributed by atoms with E-state index in [1.807, 2.05) is 0 Å². The van der Waals surface area contributed by atoms with Crippen LogP contribution in [0.4, 0.5) is 24.7 Å². The van der Waals surface area contributed by atoms with E-state index in [9.17, 15) is 23.3 Å². The van der Waals surface area contributed by atoms with Crippen molar-refractivity contribution in [3.8, 4) is 0 Å². The molecule has 1 aliphatic heterocycles. The van der Waals surface area contributed by atoms with Gasteiger partial charge in [0.2, 0.25) is 5.82 Å². The van der Waals surface area contributed by atoms with Crippen LogP contribution in [-0.4, -0.2) is 47.2 Å². The van der Waals surface area contributed by atoms with Gasteiger partial charge in [-0.15, -0.1) is 0 Å². The van der Waals surface area contributed by atoms with Crippen molar-refractivity contribution < 1.29 is 18.1 Å². The lowest BCUT2D eigenvalue weighted by molar-refractivity contribution is -0.384. The van der Waals surface area contributed by atoms with Gasteiger partial charge < -0.3 is 5.32 Å². The second-order valence-corrected chi connectivity index (χ2v) is 5.01. The molecule has 0 amide bonds. The van der Waals surface area contributed by atoms with Crippen molar-refractivity contribution in [1.29, 1.82) is 0 Å². The van der Waals surface area contributed by atoms with E-state index >= 15 is 0 Å². The predicted octanol–water partition coefficient (Wildman–Crippen LogP) is 2.29. The maximum absolute atomic E-state index is 12.3. The highest BCUT2D eigenvalue weighted by Gasteiger charge is 2.34. The molecule has 0 spiro atoms. The average Bonchev–Trinajstić information content (AvgIpc) is 2.82. The third kappa shape index (κ3) is 4.55. The Balaban J connectivity index is 1.86. The Kier molecular flexibility index (Phi) is 4.61. The quantitative estimate of drug-likeness (QED) is 0.667. The third-order valence-corrected chi connectivity index (χ3v) is 3.31. The maximum atomic E-state index is 12.3. The second-order valence-electron chi connectivity index (χ2n) is 5.01. The van der Waals surface area contributed by atoms with Crippen LogP contribution in [0.2, 0.25) is 0 Å². The van der Waals surface area contributed by atoms with Crippen LogP contribution in [0.15, 0.2) is 18.3 Å². The highest BCUT2D eigenvalue weighted by atomic mass is 19.4. The molecular formula is C12H15F3N4O2. The van der Waals surface area contributed by atoms with Crippen LogP contribution in [0.5, 0.6) is 0 Å². The number of hydrogen-bond donors (Lipinski definition) is 1. The van der Waals surface area contributed by atoms with Crippen molar-refractivity contribution in [2.75, 3.05) is 31.5 Å². The Hall–Kier alpha value is -1.90. The van der Waals surface area contributed by atoms with Crippen molar-refractivity contribution in [1.82, 2.24) is 9.88 Å². The topological polar surface area (TPSA) is 71.3 Å². The molecule has 0 radical (unpaired) electrons. The molecule has 0 saturated carbocycles. The summed E-state index contributed by atoms with van der Waals surface area (Å²) >= 11 is 0. The molecule has 6 nitrogen and oxygen atoms in total. The molecule has 9 heteroatoms. The molecule has 1 atom stereocenters. The van der Waals surface area contributed by atoms with E-state index in [1.165, 1.54) is 23.2 Å². The lowest BCUT2D eigenvalue weighted by Crippen LogP contribution is -2.33. The van der Waals surface area contributed by atoms with E-state index in [-0.39, 0.29) is 17.4 Å². The molecule has 0 aromatic carbocycles. The van der Waals surface area contributed by atoms with Crippen LogP contribution in [-0.2, 0) is 0 Å². The van der Waals surface area contributed by atoms with Crippen LogP contribution in [0, 0.1) is 16.0 Å². The van der Waals surface area contributed by atoms with Gasteiger partial charge in [0, 0.05) is 25.4 Å². The summed E-state index contributed by atoms with van der Waals surface area (Å²) in [4.78, 5) is 15.5. The third-order valence-electron chi connectivity index (χ3n) is 3.31. The molecule has 116 valence electrons. The maximum Gasteiger partial charge on any atom is 0.401 e. The van der Waals surface area contributed by atoms with Crippen LogP contribution < -0.4 is 5.32 Å². The molecule has 1 aromatic heterocycles. The highest BCUT2D eigenvalue weighted by molar-refractivity contribution is 5.55. The molecule has 1 saturated heterocycles. The first-order valence-corrected chi connectivity index (χ1v) is 6.47. The van der Waals surface area contributed by atoms with Crippen LogP contribution in [0.3, 0.4) is 0 Å². The molecule has 21 heavy (non-hydrogen) atoms. The Morgan fingerprint density at radius 1 is 1.52 bits per heavy atom. The average molecular weight is 304 g/mol. The van der Waals surface area contributed by atoms with Crippen molar-refractivity contribution in [2.24, 2.45) is 5.92 Å². The van der Waals surface area contributed by atoms with Crippen LogP contribution in [0.1, 0.15) is 6.42 Å². The van der Waals surface area contributed by atoms with Gasteiger partial charge in [-0.2, -0.15) is 13.2 Å². The van der Waals surface area contributed by atoms with Gasteiger partial charge in [0.15, 0.2) is 0 Å². The summed E-state index contributed by atoms with van der Waals surface area (Å²) in [6.07, 6.45) is -2.13. The minimum Gasteiger partial charge on any atom is -0.364 e. The smallest absolute Gasteiger partial charge is 0.364 e. The molecule has 0 bridgehead atoms. The molecule has 1 aromatic rings. The Bertz CT molecular complexity index is 510. The van der Waals surface area contributed by atoms with Gasteiger partial charge >= 0.3 is 11.9 Å². The minimum absolute atomic E-state index is 0.0222. The fraction of sp³-hybridized carbons (Fsp3) is 0.583. The number of likely N-dealkylation sites (tertiary alicyclic amines) is 1. The van der Waals surface area contributed by atoms with Gasteiger partial charge in [-0.1, -0.05) is 0 Å². The van der Waals surface area contributed by atoms with E-state index in [0.29, 0.717) is 26.1 Å². The summed E-state index contributed by atoms with van der Waals surface area (Å²) in [5, 5.41) is 13.7. The van der Waals surface area contributed by atoms with Gasteiger partial charge in [-0.3, -0.25) is 15.0 Å². The molecular weight excluding hydrogens is 289 g/mol. The lowest BCUT2D eigenvalue weighted by Gasteiger charge is -2.18. The van der Waals surface area contributed by atoms with E-state index in [0.717, 1.165) is 0 Å². The number of anilines is 1. The number of nitro groups is 1. The summed E-state index contributed by atoms with van der Waals surface area (Å²) in [6.45, 7) is 0.169. The predicted molar refractivity (Wildman–Crippen MR) is 70.0 cm³/mol. The number of aromatic nitrogens is 1. The Morgan fingerprint density at radius 3 is 2.95 bits per heavy atom. The van der Waals surface area contributed by atoms with Crippen molar-refractivity contribution in [3.63, 3.8) is 0 Å². The number of hydrogen-bond acceptors (Lipinski definition) is 5. The van der Waals surface area contributed by atoms with Crippen molar-refractivity contribution in [2.45, 2.75) is 12.6 Å². The number of rotatable bonds is 5. The Morgan fingerprint density at radius 2 is 2.29 bits per heavy atom. The molecule has 0 aliphatic carbocycles. The fourth-order valence-electron chi connectivity index (χ4n) is 2.40. The van der Waals surface area contributed by atoms with Gasteiger partial charge in [-0.05, 0) is 24.9 Å². The molecule has 1 unspecified atom stereocenters. The Labute approximate surface area is 119 Å². The summed E-state index contributed by atoms with van der Waals surface area (Å²) < 4.78 is 36.9. The number of nitrogens with zero attached hydrogens (tertiary/aromatic N) is 3. The number of pyridine rings is 1. The highest BCUT2D eigenvalue weighted by Crippen LogP contribution is 2.24. The SMILES string of the molecule is O=[N+]([O-])c1cccnc1NCC1CCN(CC(F)(F)F)C1. The fourth-order valence-corrected chi connectivity index (χ4v) is 2.40.